The van der Waals surface area contributed by atoms with Crippen molar-refractivity contribution >= 4 is 45.2 Å². The second-order valence-electron chi connectivity index (χ2n) is 5.48. The first-order valence-corrected chi connectivity index (χ1v) is 11.3. The lowest BCUT2D eigenvalue weighted by atomic mass is 10.2. The van der Waals surface area contributed by atoms with E-state index in [1.807, 2.05) is 29.6 Å². The fourth-order valence-corrected chi connectivity index (χ4v) is 6.61. The lowest BCUT2D eigenvalue weighted by Crippen LogP contribution is -2.15. The summed E-state index contributed by atoms with van der Waals surface area (Å²) in [6, 6.07) is 11.0. The van der Waals surface area contributed by atoms with Gasteiger partial charge in [-0.15, -0.1) is 23.5 Å². The number of carboxylic acid groups (broad SMARTS) is 1. The van der Waals surface area contributed by atoms with Crippen molar-refractivity contribution in [2.24, 2.45) is 0 Å². The Morgan fingerprint density at radius 3 is 2.58 bits per heavy atom. The minimum absolute atomic E-state index is 0.0839. The molecule has 2 aromatic rings. The van der Waals surface area contributed by atoms with Gasteiger partial charge in [-0.1, -0.05) is 12.1 Å². The maximum Gasteiger partial charge on any atom is 0.335 e. The molecule has 1 fully saturated rings. The molecule has 0 spiro atoms. The standard InChI is InChI=1S/C17H17NO5S3/c1-23-14-6-5-11(16(19)20)10-15(14)26(21,22)18-13-4-2-3-12(9-13)17-24-7-8-25-17/h2-6,9-10,17-18H,7-8H2,1H3,(H,19,20). The van der Waals surface area contributed by atoms with Crippen LogP contribution in [0, 0.1) is 0 Å². The molecule has 0 aromatic heterocycles. The SMILES string of the molecule is COc1ccc(C(=O)O)cc1S(=O)(=O)Nc1cccc(C2SCCS2)c1. The molecule has 26 heavy (non-hydrogen) atoms. The van der Waals surface area contributed by atoms with Gasteiger partial charge in [0.1, 0.15) is 10.6 Å². The van der Waals surface area contributed by atoms with Crippen LogP contribution in [0.4, 0.5) is 5.69 Å². The van der Waals surface area contributed by atoms with Crippen molar-refractivity contribution in [3.8, 4) is 5.75 Å². The van der Waals surface area contributed by atoms with Crippen LogP contribution in [0.1, 0.15) is 20.5 Å². The molecule has 1 saturated heterocycles. The summed E-state index contributed by atoms with van der Waals surface area (Å²) in [6.45, 7) is 0. The second-order valence-corrected chi connectivity index (χ2v) is 9.85. The van der Waals surface area contributed by atoms with Crippen LogP contribution in [-0.2, 0) is 10.0 Å². The van der Waals surface area contributed by atoms with Crippen LogP contribution >= 0.6 is 23.5 Å². The predicted octanol–water partition coefficient (Wildman–Crippen LogP) is 3.67. The number of hydrogen-bond acceptors (Lipinski definition) is 6. The second kappa shape index (κ2) is 7.81. The Morgan fingerprint density at radius 1 is 1.19 bits per heavy atom. The number of thioether (sulfide) groups is 2. The van der Waals surface area contributed by atoms with Gasteiger partial charge in [-0.2, -0.15) is 0 Å². The lowest BCUT2D eigenvalue weighted by molar-refractivity contribution is 0.0696. The van der Waals surface area contributed by atoms with Gasteiger partial charge in [0.25, 0.3) is 10.0 Å². The van der Waals surface area contributed by atoms with Gasteiger partial charge in [0, 0.05) is 17.2 Å². The van der Waals surface area contributed by atoms with Crippen LogP contribution < -0.4 is 9.46 Å². The highest BCUT2D eigenvalue weighted by atomic mass is 32.2. The minimum atomic E-state index is -4.00. The van der Waals surface area contributed by atoms with Gasteiger partial charge in [-0.3, -0.25) is 4.72 Å². The lowest BCUT2D eigenvalue weighted by Gasteiger charge is -2.14. The first-order valence-electron chi connectivity index (χ1n) is 7.68. The molecule has 0 saturated carbocycles. The van der Waals surface area contributed by atoms with Crippen molar-refractivity contribution in [1.29, 1.82) is 0 Å². The molecule has 1 aliphatic rings. The molecule has 0 bridgehead atoms. The summed E-state index contributed by atoms with van der Waals surface area (Å²) in [4.78, 5) is 11.0. The van der Waals surface area contributed by atoms with Crippen molar-refractivity contribution in [1.82, 2.24) is 0 Å². The normalized spacial score (nSPS) is 15.0. The minimum Gasteiger partial charge on any atom is -0.495 e. The van der Waals surface area contributed by atoms with Crippen LogP contribution in [0.2, 0.25) is 0 Å². The van der Waals surface area contributed by atoms with Crippen molar-refractivity contribution in [3.05, 3.63) is 53.6 Å². The quantitative estimate of drug-likeness (QED) is 0.749. The number of benzene rings is 2. The summed E-state index contributed by atoms with van der Waals surface area (Å²) in [6.07, 6.45) is 0. The van der Waals surface area contributed by atoms with Crippen LogP contribution in [-0.4, -0.2) is 38.1 Å². The van der Waals surface area contributed by atoms with E-state index in [0.717, 1.165) is 23.1 Å². The summed E-state index contributed by atoms with van der Waals surface area (Å²) < 4.78 is 33.5. The highest BCUT2D eigenvalue weighted by molar-refractivity contribution is 8.19. The number of nitrogens with one attached hydrogen (secondary N) is 1. The van der Waals surface area contributed by atoms with Crippen LogP contribution in [0.15, 0.2) is 47.4 Å². The molecule has 9 heteroatoms. The molecule has 0 aliphatic carbocycles. The van der Waals surface area contributed by atoms with Crippen molar-refractivity contribution in [3.63, 3.8) is 0 Å². The number of methoxy groups -OCH3 is 1. The predicted molar refractivity (Wildman–Crippen MR) is 105 cm³/mol. The van der Waals surface area contributed by atoms with Crippen molar-refractivity contribution in [2.75, 3.05) is 23.3 Å². The Kier molecular flexibility index (Phi) is 5.69. The zero-order chi connectivity index (χ0) is 18.7. The van der Waals surface area contributed by atoms with Gasteiger partial charge in [-0.25, -0.2) is 13.2 Å². The van der Waals surface area contributed by atoms with E-state index >= 15 is 0 Å². The van der Waals surface area contributed by atoms with E-state index in [2.05, 4.69) is 4.72 Å². The average Bonchev–Trinajstić information content (AvgIpc) is 3.15. The van der Waals surface area contributed by atoms with Crippen molar-refractivity contribution < 1.29 is 23.1 Å². The molecule has 3 rings (SSSR count). The zero-order valence-electron chi connectivity index (χ0n) is 13.8. The summed E-state index contributed by atoms with van der Waals surface area (Å²) in [5, 5.41) is 9.13. The summed E-state index contributed by atoms with van der Waals surface area (Å²) in [5.41, 5.74) is 1.35. The highest BCUT2D eigenvalue weighted by Crippen LogP contribution is 2.45. The molecule has 0 atom stereocenters. The molecule has 1 heterocycles. The Bertz CT molecular complexity index is 924. The van der Waals surface area contributed by atoms with E-state index in [0.29, 0.717) is 10.3 Å². The van der Waals surface area contributed by atoms with Gasteiger partial charge in [0.05, 0.1) is 17.3 Å². The number of carboxylic acids is 1. The van der Waals surface area contributed by atoms with E-state index in [-0.39, 0.29) is 16.2 Å². The molecule has 1 aliphatic heterocycles. The Hall–Kier alpha value is -1.84. The number of aromatic carboxylic acids is 1. The fraction of sp³-hybridized carbons (Fsp3) is 0.235. The summed E-state index contributed by atoms with van der Waals surface area (Å²) in [5.74, 6) is 1.02. The van der Waals surface area contributed by atoms with Crippen molar-refractivity contribution in [2.45, 2.75) is 9.48 Å². The van der Waals surface area contributed by atoms with E-state index in [9.17, 15) is 13.2 Å². The van der Waals surface area contributed by atoms with Gasteiger partial charge >= 0.3 is 5.97 Å². The van der Waals surface area contributed by atoms with E-state index in [1.54, 1.807) is 18.2 Å². The third kappa shape index (κ3) is 4.11. The smallest absolute Gasteiger partial charge is 0.335 e. The maximum atomic E-state index is 12.8. The van der Waals surface area contributed by atoms with E-state index in [4.69, 9.17) is 9.84 Å². The number of carbonyl (C=O) groups is 1. The highest BCUT2D eigenvalue weighted by Gasteiger charge is 2.23. The molecule has 2 N–H and O–H groups in total. The third-order valence-electron chi connectivity index (χ3n) is 3.73. The summed E-state index contributed by atoms with van der Waals surface area (Å²) in [7, 11) is -2.67. The number of sulfonamides is 1. The molecule has 6 nitrogen and oxygen atoms in total. The van der Waals surface area contributed by atoms with Gasteiger partial charge in [0.2, 0.25) is 0 Å². The molecule has 0 radical (unpaired) electrons. The fourth-order valence-electron chi connectivity index (χ4n) is 2.53. The zero-order valence-corrected chi connectivity index (χ0v) is 16.3. The number of rotatable bonds is 6. The van der Waals surface area contributed by atoms with E-state index in [1.165, 1.54) is 19.2 Å². The molecule has 138 valence electrons. The Labute approximate surface area is 160 Å². The van der Waals surface area contributed by atoms with Crippen LogP contribution in [0.25, 0.3) is 0 Å². The van der Waals surface area contributed by atoms with Crippen LogP contribution in [0.5, 0.6) is 5.75 Å². The average molecular weight is 412 g/mol. The molecular weight excluding hydrogens is 394 g/mol. The Balaban J connectivity index is 1.93. The molecule has 2 aromatic carbocycles. The van der Waals surface area contributed by atoms with Gasteiger partial charge < -0.3 is 9.84 Å². The van der Waals surface area contributed by atoms with Gasteiger partial charge in [0.15, 0.2) is 0 Å². The first kappa shape index (κ1) is 18.9. The number of anilines is 1. The molecule has 0 amide bonds. The topological polar surface area (TPSA) is 92.7 Å². The number of ether oxygens (including phenoxy) is 1. The van der Waals surface area contributed by atoms with E-state index < -0.39 is 16.0 Å². The largest absolute Gasteiger partial charge is 0.495 e. The molecule has 0 unspecified atom stereocenters. The molecular formula is C17H17NO5S3. The summed E-state index contributed by atoms with van der Waals surface area (Å²) >= 11 is 3.66. The third-order valence-corrected chi connectivity index (χ3v) is 8.24. The maximum absolute atomic E-state index is 12.8. The monoisotopic (exact) mass is 411 g/mol. The van der Waals surface area contributed by atoms with Crippen LogP contribution in [0.3, 0.4) is 0 Å². The first-order chi connectivity index (χ1) is 12.4. The number of hydrogen-bond donors (Lipinski definition) is 2. The Morgan fingerprint density at radius 2 is 1.92 bits per heavy atom. The van der Waals surface area contributed by atoms with Gasteiger partial charge in [-0.05, 0) is 35.9 Å².